The molecule has 0 saturated heterocycles. The average molecular weight is 317 g/mol. The van der Waals surface area contributed by atoms with E-state index >= 15 is 0 Å². The van der Waals surface area contributed by atoms with E-state index in [0.29, 0.717) is 10.6 Å². The molecule has 1 unspecified atom stereocenters. The Morgan fingerprint density at radius 1 is 1.14 bits per heavy atom. The molecule has 5 nitrogen and oxygen atoms in total. The van der Waals surface area contributed by atoms with Crippen LogP contribution in [0.25, 0.3) is 6.08 Å². The molecular weight excluding hydrogens is 304 g/mol. The first-order valence-corrected chi connectivity index (χ1v) is 6.81. The molecule has 0 aliphatic heterocycles. The van der Waals surface area contributed by atoms with Gasteiger partial charge in [-0.15, -0.1) is 0 Å². The Labute approximate surface area is 132 Å². The van der Waals surface area contributed by atoms with Crippen LogP contribution in [0.2, 0.25) is 5.02 Å². The molecule has 2 N–H and O–H groups in total. The van der Waals surface area contributed by atoms with E-state index < -0.39 is 17.9 Å². The SMILES string of the molecule is O=C(C=Cc1ccncc1)NC(C(=O)O)c1ccc(Cl)cc1. The van der Waals surface area contributed by atoms with Gasteiger partial charge in [0.15, 0.2) is 6.04 Å². The third-order valence-corrected chi connectivity index (χ3v) is 3.12. The van der Waals surface area contributed by atoms with Crippen LogP contribution >= 0.6 is 11.6 Å². The number of carboxylic acid groups (broad SMARTS) is 1. The van der Waals surface area contributed by atoms with Crippen LogP contribution in [-0.4, -0.2) is 22.0 Å². The summed E-state index contributed by atoms with van der Waals surface area (Å²) in [5.41, 5.74) is 1.24. The van der Waals surface area contributed by atoms with Crippen molar-refractivity contribution in [2.45, 2.75) is 6.04 Å². The van der Waals surface area contributed by atoms with Crippen LogP contribution in [0, 0.1) is 0 Å². The van der Waals surface area contributed by atoms with Crippen LogP contribution in [0.1, 0.15) is 17.2 Å². The summed E-state index contributed by atoms with van der Waals surface area (Å²) < 4.78 is 0. The molecular formula is C16H13ClN2O3. The zero-order valence-corrected chi connectivity index (χ0v) is 12.2. The highest BCUT2D eigenvalue weighted by molar-refractivity contribution is 6.30. The predicted octanol–water partition coefficient (Wildman–Crippen LogP) is 2.69. The minimum Gasteiger partial charge on any atom is -0.479 e. The minimum absolute atomic E-state index is 0.447. The number of amides is 1. The summed E-state index contributed by atoms with van der Waals surface area (Å²) in [5.74, 6) is -1.65. The summed E-state index contributed by atoms with van der Waals surface area (Å²) >= 11 is 5.77. The number of pyridine rings is 1. The van der Waals surface area contributed by atoms with Gasteiger partial charge in [0, 0.05) is 23.5 Å². The molecule has 0 fully saturated rings. The van der Waals surface area contributed by atoms with Crippen molar-refractivity contribution < 1.29 is 14.7 Å². The molecule has 0 aliphatic rings. The lowest BCUT2D eigenvalue weighted by molar-refractivity contribution is -0.141. The van der Waals surface area contributed by atoms with Gasteiger partial charge in [0.2, 0.25) is 5.91 Å². The van der Waals surface area contributed by atoms with Crippen LogP contribution < -0.4 is 5.32 Å². The molecule has 6 heteroatoms. The number of hydrogen-bond donors (Lipinski definition) is 2. The van der Waals surface area contributed by atoms with Gasteiger partial charge in [0.1, 0.15) is 0 Å². The Hall–Kier alpha value is -2.66. The van der Waals surface area contributed by atoms with Gasteiger partial charge in [-0.2, -0.15) is 0 Å². The number of rotatable bonds is 5. The molecule has 0 saturated carbocycles. The first-order chi connectivity index (χ1) is 10.6. The maximum atomic E-state index is 11.9. The quantitative estimate of drug-likeness (QED) is 0.831. The second kappa shape index (κ2) is 7.38. The second-order valence-electron chi connectivity index (χ2n) is 4.45. The maximum Gasteiger partial charge on any atom is 0.330 e. The van der Waals surface area contributed by atoms with Crippen molar-refractivity contribution in [2.24, 2.45) is 0 Å². The largest absolute Gasteiger partial charge is 0.479 e. The third kappa shape index (κ3) is 4.43. The Kier molecular flexibility index (Phi) is 5.27. The smallest absolute Gasteiger partial charge is 0.330 e. The Morgan fingerprint density at radius 3 is 2.36 bits per heavy atom. The molecule has 1 heterocycles. The van der Waals surface area contributed by atoms with Crippen LogP contribution in [0.3, 0.4) is 0 Å². The zero-order chi connectivity index (χ0) is 15.9. The number of hydrogen-bond acceptors (Lipinski definition) is 3. The van der Waals surface area contributed by atoms with Crippen LogP contribution in [0.5, 0.6) is 0 Å². The normalized spacial score (nSPS) is 12.0. The topological polar surface area (TPSA) is 79.3 Å². The molecule has 22 heavy (non-hydrogen) atoms. The predicted molar refractivity (Wildman–Crippen MR) is 83.2 cm³/mol. The van der Waals surface area contributed by atoms with Gasteiger partial charge in [-0.25, -0.2) is 4.79 Å². The molecule has 0 aliphatic carbocycles. The molecule has 0 bridgehead atoms. The Balaban J connectivity index is 2.08. The lowest BCUT2D eigenvalue weighted by atomic mass is 10.1. The van der Waals surface area contributed by atoms with Crippen LogP contribution in [0.15, 0.2) is 54.9 Å². The van der Waals surface area contributed by atoms with E-state index in [1.54, 1.807) is 54.9 Å². The molecule has 2 aromatic rings. The van der Waals surface area contributed by atoms with Crippen molar-refractivity contribution in [1.29, 1.82) is 0 Å². The van der Waals surface area contributed by atoms with Gasteiger partial charge in [-0.3, -0.25) is 9.78 Å². The fraction of sp³-hybridized carbons (Fsp3) is 0.0625. The zero-order valence-electron chi connectivity index (χ0n) is 11.4. The standard InChI is InChI=1S/C16H13ClN2O3/c17-13-4-2-12(3-5-13)15(16(21)22)19-14(20)6-1-11-7-9-18-10-8-11/h1-10,15H,(H,19,20)(H,21,22). The van der Waals surface area contributed by atoms with Crippen LogP contribution in [0.4, 0.5) is 0 Å². The Bertz CT molecular complexity index is 684. The molecule has 1 aromatic heterocycles. The van der Waals surface area contributed by atoms with Gasteiger partial charge in [-0.1, -0.05) is 23.7 Å². The summed E-state index contributed by atoms with van der Waals surface area (Å²) in [7, 11) is 0. The lowest BCUT2D eigenvalue weighted by Crippen LogP contribution is -2.32. The summed E-state index contributed by atoms with van der Waals surface area (Å²) in [5, 5.41) is 12.2. The first kappa shape index (κ1) is 15.7. The number of aliphatic carboxylic acids is 1. The van der Waals surface area contributed by atoms with Crippen molar-refractivity contribution >= 4 is 29.6 Å². The van der Waals surface area contributed by atoms with Gasteiger partial charge in [0.05, 0.1) is 0 Å². The van der Waals surface area contributed by atoms with Crippen molar-refractivity contribution in [1.82, 2.24) is 10.3 Å². The highest BCUT2D eigenvalue weighted by Crippen LogP contribution is 2.17. The highest BCUT2D eigenvalue weighted by atomic mass is 35.5. The molecule has 2 rings (SSSR count). The number of carbonyl (C=O) groups excluding carboxylic acids is 1. The van der Waals surface area contributed by atoms with E-state index in [2.05, 4.69) is 10.3 Å². The third-order valence-electron chi connectivity index (χ3n) is 2.87. The summed E-state index contributed by atoms with van der Waals surface area (Å²) in [6.07, 6.45) is 6.07. The fourth-order valence-corrected chi connectivity index (χ4v) is 1.91. The van der Waals surface area contributed by atoms with Crippen molar-refractivity contribution in [3.8, 4) is 0 Å². The number of nitrogens with one attached hydrogen (secondary N) is 1. The van der Waals surface area contributed by atoms with E-state index in [9.17, 15) is 14.7 Å². The van der Waals surface area contributed by atoms with Gasteiger partial charge in [-0.05, 0) is 41.5 Å². The number of benzene rings is 1. The summed E-state index contributed by atoms with van der Waals surface area (Å²) in [4.78, 5) is 27.1. The molecule has 1 atom stereocenters. The second-order valence-corrected chi connectivity index (χ2v) is 4.88. The minimum atomic E-state index is -1.15. The number of nitrogens with zero attached hydrogens (tertiary/aromatic N) is 1. The molecule has 112 valence electrons. The molecule has 0 radical (unpaired) electrons. The van der Waals surface area contributed by atoms with E-state index in [-0.39, 0.29) is 0 Å². The monoisotopic (exact) mass is 316 g/mol. The van der Waals surface area contributed by atoms with E-state index in [1.165, 1.54) is 6.08 Å². The maximum absolute atomic E-state index is 11.9. The highest BCUT2D eigenvalue weighted by Gasteiger charge is 2.20. The van der Waals surface area contributed by atoms with E-state index in [0.717, 1.165) is 5.56 Å². The van der Waals surface area contributed by atoms with Gasteiger partial charge < -0.3 is 10.4 Å². The number of carbonyl (C=O) groups is 2. The van der Waals surface area contributed by atoms with E-state index in [4.69, 9.17) is 11.6 Å². The number of halogens is 1. The number of aromatic nitrogens is 1. The average Bonchev–Trinajstić information content (AvgIpc) is 2.52. The van der Waals surface area contributed by atoms with Gasteiger partial charge in [0.25, 0.3) is 0 Å². The first-order valence-electron chi connectivity index (χ1n) is 6.43. The Morgan fingerprint density at radius 2 is 1.77 bits per heavy atom. The summed E-state index contributed by atoms with van der Waals surface area (Å²) in [6, 6.07) is 8.61. The van der Waals surface area contributed by atoms with E-state index in [1.807, 2.05) is 0 Å². The molecule has 1 amide bonds. The van der Waals surface area contributed by atoms with Crippen molar-refractivity contribution in [2.75, 3.05) is 0 Å². The number of carboxylic acids is 1. The molecule has 1 aromatic carbocycles. The van der Waals surface area contributed by atoms with Gasteiger partial charge >= 0.3 is 5.97 Å². The van der Waals surface area contributed by atoms with Crippen molar-refractivity contribution in [3.63, 3.8) is 0 Å². The van der Waals surface area contributed by atoms with Crippen LogP contribution in [-0.2, 0) is 9.59 Å². The summed E-state index contributed by atoms with van der Waals surface area (Å²) in [6.45, 7) is 0. The lowest BCUT2D eigenvalue weighted by Gasteiger charge is -2.13. The van der Waals surface area contributed by atoms with Crippen molar-refractivity contribution in [3.05, 3.63) is 71.0 Å². The molecule has 0 spiro atoms. The fourth-order valence-electron chi connectivity index (χ4n) is 1.78.